The van der Waals surface area contributed by atoms with Crippen LogP contribution >= 0.6 is 0 Å². The van der Waals surface area contributed by atoms with E-state index in [4.69, 9.17) is 4.74 Å². The number of aromatic nitrogens is 5. The molecule has 0 fully saturated rings. The van der Waals surface area contributed by atoms with Crippen LogP contribution in [-0.4, -0.2) is 55.0 Å². The maximum atomic E-state index is 13.4. The van der Waals surface area contributed by atoms with Crippen molar-refractivity contribution in [2.24, 2.45) is 0 Å². The van der Waals surface area contributed by atoms with Crippen LogP contribution in [0.4, 0.5) is 13.2 Å². The van der Waals surface area contributed by atoms with Crippen molar-refractivity contribution >= 4 is 5.91 Å². The second-order valence-corrected chi connectivity index (χ2v) is 7.23. The van der Waals surface area contributed by atoms with Gasteiger partial charge in [0.25, 0.3) is 5.91 Å². The first-order valence-corrected chi connectivity index (χ1v) is 9.93. The van der Waals surface area contributed by atoms with Gasteiger partial charge in [-0.05, 0) is 44.9 Å². The maximum Gasteiger partial charge on any atom is 0.419 e. The van der Waals surface area contributed by atoms with E-state index in [1.54, 1.807) is 17.9 Å². The lowest BCUT2D eigenvalue weighted by molar-refractivity contribution is -0.138. The number of aryl methyl sites for hydroxylation is 1. The summed E-state index contributed by atoms with van der Waals surface area (Å²) < 4.78 is 43.4. The molecule has 8 nitrogen and oxygen atoms in total. The first kappa shape index (κ1) is 23.2. The number of rotatable bonds is 7. The highest BCUT2D eigenvalue weighted by molar-refractivity contribution is 5.98. The fourth-order valence-corrected chi connectivity index (χ4v) is 3.19. The fraction of sp³-hybridized carbons (Fsp3) is 0.381. The largest absolute Gasteiger partial charge is 0.461 e. The number of benzene rings is 1. The molecular weight excluding hydrogens is 425 g/mol. The zero-order valence-electron chi connectivity index (χ0n) is 18.1. The van der Waals surface area contributed by atoms with E-state index in [2.05, 4.69) is 20.2 Å². The third-order valence-corrected chi connectivity index (χ3v) is 5.09. The standard InChI is InChI=1S/C21H23F3N6O2/c1-5-29(14(3)12-32-20-25-10-16(11-26-20)21(22,23)24)19(31)17-7-6-13(2)15(4)18(17)30-27-8-9-28-30/h6-11,14H,5,12H2,1-4H3. The Morgan fingerprint density at radius 1 is 1.16 bits per heavy atom. The Balaban J connectivity index is 1.78. The number of halogens is 3. The molecule has 0 aliphatic heterocycles. The molecule has 11 heteroatoms. The summed E-state index contributed by atoms with van der Waals surface area (Å²) in [7, 11) is 0. The molecule has 0 saturated heterocycles. The first-order chi connectivity index (χ1) is 15.1. The number of hydrogen-bond donors (Lipinski definition) is 0. The van der Waals surface area contributed by atoms with Gasteiger partial charge in [-0.15, -0.1) is 0 Å². The highest BCUT2D eigenvalue weighted by Gasteiger charge is 2.31. The summed E-state index contributed by atoms with van der Waals surface area (Å²) >= 11 is 0. The van der Waals surface area contributed by atoms with E-state index < -0.39 is 17.8 Å². The lowest BCUT2D eigenvalue weighted by atomic mass is 10.0. The summed E-state index contributed by atoms with van der Waals surface area (Å²) in [6, 6.07) is 3.00. The number of ether oxygens (including phenoxy) is 1. The van der Waals surface area contributed by atoms with E-state index >= 15 is 0 Å². The first-order valence-electron chi connectivity index (χ1n) is 9.93. The molecule has 0 aliphatic rings. The van der Waals surface area contributed by atoms with Gasteiger partial charge in [-0.25, -0.2) is 9.97 Å². The molecule has 3 rings (SSSR count). The summed E-state index contributed by atoms with van der Waals surface area (Å²) in [6.07, 6.45) is -0.130. The van der Waals surface area contributed by atoms with Crippen LogP contribution in [-0.2, 0) is 6.18 Å². The molecule has 0 spiro atoms. The Kier molecular flexibility index (Phi) is 6.75. The summed E-state index contributed by atoms with van der Waals surface area (Å²) in [5.74, 6) is -0.243. The van der Waals surface area contributed by atoms with Crippen molar-refractivity contribution in [2.45, 2.75) is 39.9 Å². The van der Waals surface area contributed by atoms with Gasteiger partial charge in [-0.2, -0.15) is 28.2 Å². The lowest BCUT2D eigenvalue weighted by Gasteiger charge is -2.29. The van der Waals surface area contributed by atoms with Gasteiger partial charge < -0.3 is 9.64 Å². The third kappa shape index (κ3) is 4.87. The summed E-state index contributed by atoms with van der Waals surface area (Å²) in [4.78, 5) is 23.6. The van der Waals surface area contributed by atoms with Crippen molar-refractivity contribution in [3.8, 4) is 11.7 Å². The van der Waals surface area contributed by atoms with Gasteiger partial charge in [-0.3, -0.25) is 4.79 Å². The van der Waals surface area contributed by atoms with Crippen molar-refractivity contribution < 1.29 is 22.7 Å². The Hall–Kier alpha value is -3.50. The smallest absolute Gasteiger partial charge is 0.419 e. The molecule has 0 bridgehead atoms. The molecule has 0 aliphatic carbocycles. The predicted octanol–water partition coefficient (Wildman–Crippen LogP) is 3.62. The van der Waals surface area contributed by atoms with E-state index in [9.17, 15) is 18.0 Å². The number of amides is 1. The Bertz CT molecular complexity index is 1070. The second kappa shape index (κ2) is 9.33. The fourth-order valence-electron chi connectivity index (χ4n) is 3.19. The van der Waals surface area contributed by atoms with Crippen LogP contribution in [0.15, 0.2) is 36.9 Å². The zero-order valence-corrected chi connectivity index (χ0v) is 18.1. The molecule has 1 atom stereocenters. The molecule has 0 saturated carbocycles. The van der Waals surface area contributed by atoms with Gasteiger partial charge >= 0.3 is 12.2 Å². The molecule has 3 aromatic rings. The Morgan fingerprint density at radius 3 is 2.34 bits per heavy atom. The van der Waals surface area contributed by atoms with Crippen molar-refractivity contribution in [2.75, 3.05) is 13.2 Å². The molecular formula is C21H23F3N6O2. The van der Waals surface area contributed by atoms with E-state index in [-0.39, 0.29) is 18.5 Å². The number of alkyl halides is 3. The number of nitrogens with zero attached hydrogens (tertiary/aromatic N) is 6. The monoisotopic (exact) mass is 448 g/mol. The number of hydrogen-bond acceptors (Lipinski definition) is 6. The van der Waals surface area contributed by atoms with Gasteiger partial charge in [-0.1, -0.05) is 6.07 Å². The number of likely N-dealkylation sites (N-methyl/N-ethyl adjacent to an activating group) is 1. The van der Waals surface area contributed by atoms with E-state index in [0.29, 0.717) is 30.2 Å². The highest BCUT2D eigenvalue weighted by atomic mass is 19.4. The quantitative estimate of drug-likeness (QED) is 0.549. The molecule has 2 heterocycles. The normalized spacial score (nSPS) is 12.5. The van der Waals surface area contributed by atoms with Crippen LogP contribution in [0.2, 0.25) is 0 Å². The van der Waals surface area contributed by atoms with Crippen LogP contribution in [0.1, 0.15) is 40.9 Å². The van der Waals surface area contributed by atoms with Crippen LogP contribution in [0.25, 0.3) is 5.69 Å². The SMILES string of the molecule is CCN(C(=O)c1ccc(C)c(C)c1-n1nccn1)C(C)COc1ncc(C(F)(F)F)cn1. The molecule has 0 N–H and O–H groups in total. The van der Waals surface area contributed by atoms with E-state index in [1.807, 2.05) is 26.8 Å². The predicted molar refractivity (Wildman–Crippen MR) is 110 cm³/mol. The maximum absolute atomic E-state index is 13.4. The minimum absolute atomic E-state index is 0.00510. The number of carbonyl (C=O) groups is 1. The number of carbonyl (C=O) groups excluding carboxylic acids is 1. The van der Waals surface area contributed by atoms with Crippen LogP contribution < -0.4 is 4.74 Å². The summed E-state index contributed by atoms with van der Waals surface area (Å²) in [5, 5.41) is 8.35. The third-order valence-electron chi connectivity index (χ3n) is 5.09. The zero-order chi connectivity index (χ0) is 23.5. The molecule has 1 amide bonds. The van der Waals surface area contributed by atoms with Crippen molar-refractivity contribution in [3.63, 3.8) is 0 Å². The van der Waals surface area contributed by atoms with Crippen LogP contribution in [0.5, 0.6) is 6.01 Å². The molecule has 2 aromatic heterocycles. The van der Waals surface area contributed by atoms with E-state index in [0.717, 1.165) is 11.1 Å². The summed E-state index contributed by atoms with van der Waals surface area (Å²) in [6.45, 7) is 7.83. The average molecular weight is 448 g/mol. The van der Waals surface area contributed by atoms with Gasteiger partial charge in [0, 0.05) is 18.9 Å². The lowest BCUT2D eigenvalue weighted by Crippen LogP contribution is -2.42. The summed E-state index contributed by atoms with van der Waals surface area (Å²) in [5.41, 5.74) is 1.94. The van der Waals surface area contributed by atoms with Crippen molar-refractivity contribution in [1.29, 1.82) is 0 Å². The van der Waals surface area contributed by atoms with Gasteiger partial charge in [0.2, 0.25) is 0 Å². The van der Waals surface area contributed by atoms with Crippen molar-refractivity contribution in [3.05, 3.63) is 59.2 Å². The Labute approximate surface area is 183 Å². The second-order valence-electron chi connectivity index (χ2n) is 7.23. The minimum Gasteiger partial charge on any atom is -0.461 e. The van der Waals surface area contributed by atoms with Crippen LogP contribution in [0, 0.1) is 13.8 Å². The minimum atomic E-state index is -4.52. The highest BCUT2D eigenvalue weighted by Crippen LogP contribution is 2.28. The van der Waals surface area contributed by atoms with Gasteiger partial charge in [0.1, 0.15) is 12.3 Å². The molecule has 1 unspecified atom stereocenters. The van der Waals surface area contributed by atoms with Crippen LogP contribution in [0.3, 0.4) is 0 Å². The Morgan fingerprint density at radius 2 is 1.78 bits per heavy atom. The van der Waals surface area contributed by atoms with Crippen molar-refractivity contribution in [1.82, 2.24) is 29.9 Å². The van der Waals surface area contributed by atoms with Gasteiger partial charge in [0.15, 0.2) is 0 Å². The topological polar surface area (TPSA) is 86.0 Å². The molecule has 1 aromatic carbocycles. The van der Waals surface area contributed by atoms with Gasteiger partial charge in [0.05, 0.1) is 29.6 Å². The molecule has 0 radical (unpaired) electrons. The average Bonchev–Trinajstić information content (AvgIpc) is 3.28. The molecule has 32 heavy (non-hydrogen) atoms. The molecule has 170 valence electrons. The van der Waals surface area contributed by atoms with E-state index in [1.165, 1.54) is 17.2 Å².